The summed E-state index contributed by atoms with van der Waals surface area (Å²) in [5, 5.41) is 0. The van der Waals surface area contributed by atoms with Gasteiger partial charge in [0, 0.05) is 18.2 Å². The van der Waals surface area contributed by atoms with E-state index in [1.54, 1.807) is 6.26 Å². The van der Waals surface area contributed by atoms with Crippen LogP contribution in [0.1, 0.15) is 35.8 Å². The molecule has 0 amide bonds. The van der Waals surface area contributed by atoms with Crippen molar-refractivity contribution >= 4 is 0 Å². The summed E-state index contributed by atoms with van der Waals surface area (Å²) >= 11 is 0. The van der Waals surface area contributed by atoms with Crippen molar-refractivity contribution in [3.05, 3.63) is 59.5 Å². The number of rotatable bonds is 7. The predicted molar refractivity (Wildman–Crippen MR) is 82.4 cm³/mol. The maximum atomic E-state index is 6.21. The summed E-state index contributed by atoms with van der Waals surface area (Å²) in [6.45, 7) is 3.99. The number of nitrogens with two attached hydrogens (primary N) is 1. The standard InChI is InChI=1S/C17H24N2O/c1-14-16(10-12-20-14)13-19(2)11-6-9-17(18)15-7-4-3-5-8-15/h3-5,7-8,10,12,17H,6,9,11,13,18H2,1-2H3. The summed E-state index contributed by atoms with van der Waals surface area (Å²) in [4.78, 5) is 2.32. The summed E-state index contributed by atoms with van der Waals surface area (Å²) in [6.07, 6.45) is 3.87. The third-order valence-electron chi connectivity index (χ3n) is 3.69. The summed E-state index contributed by atoms with van der Waals surface area (Å²) in [7, 11) is 2.14. The van der Waals surface area contributed by atoms with E-state index in [0.29, 0.717) is 0 Å². The lowest BCUT2D eigenvalue weighted by Crippen LogP contribution is -2.21. The van der Waals surface area contributed by atoms with Crippen LogP contribution in [0.15, 0.2) is 47.1 Å². The van der Waals surface area contributed by atoms with Crippen LogP contribution in [0.2, 0.25) is 0 Å². The number of hydrogen-bond donors (Lipinski definition) is 1. The van der Waals surface area contributed by atoms with Crippen molar-refractivity contribution in [2.24, 2.45) is 5.73 Å². The molecule has 0 bridgehead atoms. The van der Waals surface area contributed by atoms with Crippen LogP contribution < -0.4 is 5.73 Å². The van der Waals surface area contributed by atoms with Crippen LogP contribution in [0.25, 0.3) is 0 Å². The van der Waals surface area contributed by atoms with Crippen molar-refractivity contribution in [1.82, 2.24) is 4.90 Å². The minimum absolute atomic E-state index is 0.139. The molecule has 0 aliphatic rings. The van der Waals surface area contributed by atoms with Gasteiger partial charge in [0.1, 0.15) is 5.76 Å². The number of hydrogen-bond acceptors (Lipinski definition) is 3. The normalized spacial score (nSPS) is 12.8. The molecule has 3 nitrogen and oxygen atoms in total. The molecule has 0 aliphatic heterocycles. The van der Waals surface area contributed by atoms with Crippen LogP contribution in [0.4, 0.5) is 0 Å². The van der Waals surface area contributed by atoms with E-state index < -0.39 is 0 Å². The molecule has 3 heteroatoms. The van der Waals surface area contributed by atoms with Crippen molar-refractivity contribution in [1.29, 1.82) is 0 Å². The van der Waals surface area contributed by atoms with Gasteiger partial charge < -0.3 is 15.1 Å². The highest BCUT2D eigenvalue weighted by Gasteiger charge is 2.08. The highest BCUT2D eigenvalue weighted by molar-refractivity contribution is 5.18. The van der Waals surface area contributed by atoms with E-state index in [1.165, 1.54) is 11.1 Å². The molecule has 2 rings (SSSR count). The molecule has 1 aromatic carbocycles. The maximum Gasteiger partial charge on any atom is 0.105 e. The fourth-order valence-corrected chi connectivity index (χ4v) is 2.39. The Bertz CT molecular complexity index is 507. The van der Waals surface area contributed by atoms with E-state index in [4.69, 9.17) is 10.2 Å². The molecule has 0 radical (unpaired) electrons. The lowest BCUT2D eigenvalue weighted by Gasteiger charge is -2.18. The SMILES string of the molecule is Cc1occc1CN(C)CCCC(N)c1ccccc1. The second-order valence-corrected chi connectivity index (χ2v) is 5.40. The Morgan fingerprint density at radius 2 is 1.95 bits per heavy atom. The Labute approximate surface area is 121 Å². The quantitative estimate of drug-likeness (QED) is 0.839. The Morgan fingerprint density at radius 3 is 2.60 bits per heavy atom. The molecule has 0 spiro atoms. The van der Waals surface area contributed by atoms with Gasteiger partial charge in [0.15, 0.2) is 0 Å². The topological polar surface area (TPSA) is 42.4 Å². The van der Waals surface area contributed by atoms with Gasteiger partial charge >= 0.3 is 0 Å². The molecule has 1 unspecified atom stereocenters. The molecular weight excluding hydrogens is 248 g/mol. The Hall–Kier alpha value is -1.58. The first-order chi connectivity index (χ1) is 9.66. The molecule has 1 heterocycles. The molecule has 0 aliphatic carbocycles. The first-order valence-electron chi connectivity index (χ1n) is 7.19. The van der Waals surface area contributed by atoms with Crippen molar-refractivity contribution in [2.45, 2.75) is 32.4 Å². The van der Waals surface area contributed by atoms with Crippen molar-refractivity contribution < 1.29 is 4.42 Å². The van der Waals surface area contributed by atoms with Gasteiger partial charge in [-0.1, -0.05) is 30.3 Å². The van der Waals surface area contributed by atoms with Crippen LogP contribution in [-0.2, 0) is 6.54 Å². The third kappa shape index (κ3) is 4.22. The van der Waals surface area contributed by atoms with E-state index in [0.717, 1.165) is 31.7 Å². The molecule has 1 aromatic heterocycles. The van der Waals surface area contributed by atoms with Gasteiger partial charge in [0.2, 0.25) is 0 Å². The monoisotopic (exact) mass is 272 g/mol. The van der Waals surface area contributed by atoms with E-state index in [2.05, 4.69) is 24.1 Å². The van der Waals surface area contributed by atoms with E-state index in [9.17, 15) is 0 Å². The second-order valence-electron chi connectivity index (χ2n) is 5.40. The third-order valence-corrected chi connectivity index (χ3v) is 3.69. The van der Waals surface area contributed by atoms with Crippen LogP contribution in [0.5, 0.6) is 0 Å². The number of furan rings is 1. The summed E-state index contributed by atoms with van der Waals surface area (Å²) in [6, 6.07) is 12.5. The van der Waals surface area contributed by atoms with Crippen LogP contribution in [0.3, 0.4) is 0 Å². The zero-order chi connectivity index (χ0) is 14.4. The van der Waals surface area contributed by atoms with Crippen LogP contribution >= 0.6 is 0 Å². The highest BCUT2D eigenvalue weighted by atomic mass is 16.3. The number of aryl methyl sites for hydroxylation is 1. The zero-order valence-electron chi connectivity index (χ0n) is 12.4. The van der Waals surface area contributed by atoms with Gasteiger partial charge in [0.25, 0.3) is 0 Å². The first-order valence-corrected chi connectivity index (χ1v) is 7.19. The van der Waals surface area contributed by atoms with Gasteiger partial charge in [-0.15, -0.1) is 0 Å². The summed E-state index contributed by atoms with van der Waals surface area (Å²) < 4.78 is 5.32. The van der Waals surface area contributed by atoms with Crippen molar-refractivity contribution in [3.8, 4) is 0 Å². The van der Waals surface area contributed by atoms with Gasteiger partial charge in [-0.2, -0.15) is 0 Å². The Balaban J connectivity index is 1.72. The molecule has 2 N–H and O–H groups in total. The summed E-state index contributed by atoms with van der Waals surface area (Å²) in [5.41, 5.74) is 8.69. The smallest absolute Gasteiger partial charge is 0.105 e. The highest BCUT2D eigenvalue weighted by Crippen LogP contribution is 2.16. The molecule has 108 valence electrons. The van der Waals surface area contributed by atoms with Gasteiger partial charge in [-0.3, -0.25) is 0 Å². The van der Waals surface area contributed by atoms with Crippen molar-refractivity contribution in [2.75, 3.05) is 13.6 Å². The predicted octanol–water partition coefficient (Wildman–Crippen LogP) is 3.50. The van der Waals surface area contributed by atoms with Crippen LogP contribution in [-0.4, -0.2) is 18.5 Å². The summed E-state index contributed by atoms with van der Waals surface area (Å²) in [5.74, 6) is 1.01. The second kappa shape index (κ2) is 7.27. The molecule has 0 saturated heterocycles. The first kappa shape index (κ1) is 14.8. The molecule has 0 saturated carbocycles. The Morgan fingerprint density at radius 1 is 1.20 bits per heavy atom. The van der Waals surface area contributed by atoms with Gasteiger partial charge in [0.05, 0.1) is 6.26 Å². The fourth-order valence-electron chi connectivity index (χ4n) is 2.39. The molecular formula is C17H24N2O. The van der Waals surface area contributed by atoms with E-state index in [1.807, 2.05) is 31.2 Å². The molecule has 2 aromatic rings. The minimum Gasteiger partial charge on any atom is -0.469 e. The lowest BCUT2D eigenvalue weighted by atomic mass is 10.0. The minimum atomic E-state index is 0.139. The number of nitrogens with zero attached hydrogens (tertiary/aromatic N) is 1. The zero-order valence-corrected chi connectivity index (χ0v) is 12.4. The lowest BCUT2D eigenvalue weighted by molar-refractivity contribution is 0.312. The molecule has 20 heavy (non-hydrogen) atoms. The van der Waals surface area contributed by atoms with E-state index in [-0.39, 0.29) is 6.04 Å². The average Bonchev–Trinajstić information content (AvgIpc) is 2.85. The van der Waals surface area contributed by atoms with E-state index >= 15 is 0 Å². The van der Waals surface area contributed by atoms with Crippen molar-refractivity contribution in [3.63, 3.8) is 0 Å². The molecule has 0 fully saturated rings. The average molecular weight is 272 g/mol. The largest absolute Gasteiger partial charge is 0.469 e. The number of benzene rings is 1. The van der Waals surface area contributed by atoms with Gasteiger partial charge in [-0.25, -0.2) is 0 Å². The molecule has 1 atom stereocenters. The maximum absolute atomic E-state index is 6.21. The Kier molecular flexibility index (Phi) is 5.39. The van der Waals surface area contributed by atoms with Gasteiger partial charge in [-0.05, 0) is 45.0 Å². The fraction of sp³-hybridized carbons (Fsp3) is 0.412. The van der Waals surface area contributed by atoms with Crippen LogP contribution in [0, 0.1) is 6.92 Å².